The number of nitrogens with one attached hydrogen (secondary N) is 3. The molecule has 218 valence electrons. The van der Waals surface area contributed by atoms with Crippen LogP contribution in [0.2, 0.25) is 0 Å². The molecule has 5 atom stereocenters. The number of nitrogens with zero attached hydrogens (tertiary/aromatic N) is 1. The molecule has 2 heterocycles. The molecule has 4 rings (SSSR count). The molecule has 0 spiro atoms. The molecule has 0 bridgehead atoms. The zero-order chi connectivity index (χ0) is 28.6. The number of fused-ring (bicyclic) bond motifs is 2. The molecule has 0 aromatic heterocycles. The lowest BCUT2D eigenvalue weighted by Crippen LogP contribution is -2.58. The van der Waals surface area contributed by atoms with E-state index in [4.69, 9.17) is 4.74 Å². The molecule has 2 aliphatic carbocycles. The summed E-state index contributed by atoms with van der Waals surface area (Å²) in [6.45, 7) is 5.02. The van der Waals surface area contributed by atoms with Gasteiger partial charge in [0.2, 0.25) is 21.8 Å². The molecule has 0 unspecified atom stereocenters. The molecule has 2 saturated carbocycles. The number of ether oxygens (including phenoxy) is 1. The number of allylic oxidation sites excluding steroid dienone is 1. The SMILES string of the molecule is CC(C)(C)OC(=O)N[C@H]1CCCCC/C=C\[C@@H]2C[C@@]2(C(=O)NS(=O)(=O)C2CC2)NC(=O)[C@@H]2C[C@@H](O)CN2C1=O. The third-order valence-electron chi connectivity index (χ3n) is 7.55. The van der Waals surface area contributed by atoms with Gasteiger partial charge in [0.15, 0.2) is 0 Å². The van der Waals surface area contributed by atoms with Crippen LogP contribution in [0.3, 0.4) is 0 Å². The summed E-state index contributed by atoms with van der Waals surface area (Å²) >= 11 is 0. The van der Waals surface area contributed by atoms with Crippen molar-refractivity contribution in [2.24, 2.45) is 5.92 Å². The third-order valence-corrected chi connectivity index (χ3v) is 9.37. The van der Waals surface area contributed by atoms with Crippen molar-refractivity contribution >= 4 is 33.8 Å². The van der Waals surface area contributed by atoms with E-state index < -0.39 is 74.3 Å². The van der Waals surface area contributed by atoms with Gasteiger partial charge in [0.05, 0.1) is 11.4 Å². The summed E-state index contributed by atoms with van der Waals surface area (Å²) in [6, 6.07) is -2.05. The summed E-state index contributed by atoms with van der Waals surface area (Å²) in [4.78, 5) is 54.1. The Hall–Kier alpha value is -2.67. The minimum absolute atomic E-state index is 0.0463. The number of aliphatic hydroxyl groups excluding tert-OH is 1. The second kappa shape index (κ2) is 11.1. The Morgan fingerprint density at radius 1 is 1.15 bits per heavy atom. The second-order valence-corrected chi connectivity index (χ2v) is 14.1. The molecular weight excluding hydrogens is 528 g/mol. The smallest absolute Gasteiger partial charge is 0.408 e. The van der Waals surface area contributed by atoms with Gasteiger partial charge in [-0.05, 0) is 59.3 Å². The first-order valence-corrected chi connectivity index (χ1v) is 15.3. The van der Waals surface area contributed by atoms with Gasteiger partial charge in [-0.15, -0.1) is 0 Å². The van der Waals surface area contributed by atoms with Gasteiger partial charge in [-0.25, -0.2) is 13.2 Å². The Morgan fingerprint density at radius 2 is 1.87 bits per heavy atom. The Kier molecular flexibility index (Phi) is 8.32. The first-order valence-electron chi connectivity index (χ1n) is 13.7. The zero-order valence-electron chi connectivity index (χ0n) is 22.8. The molecular formula is C26H40N4O8S. The fourth-order valence-electron chi connectivity index (χ4n) is 5.23. The maximum atomic E-state index is 13.6. The monoisotopic (exact) mass is 568 g/mol. The predicted molar refractivity (Wildman–Crippen MR) is 141 cm³/mol. The van der Waals surface area contributed by atoms with Gasteiger partial charge < -0.3 is 25.4 Å². The van der Waals surface area contributed by atoms with E-state index in [0.29, 0.717) is 32.1 Å². The minimum atomic E-state index is -3.83. The third kappa shape index (κ3) is 7.10. The highest BCUT2D eigenvalue weighted by Gasteiger charge is 2.62. The van der Waals surface area contributed by atoms with Gasteiger partial charge in [0.1, 0.15) is 23.2 Å². The standard InChI is InChI=1S/C26H40N4O8S/c1-25(2,3)38-24(35)27-19-10-8-6-4-5-7-9-16-14-26(16,23(34)29-39(36,37)18-11-12-18)28-21(32)20-13-17(31)15-30(20)22(19)33/h7,9,16-20,31H,4-6,8,10-15H2,1-3H3,(H,27,35)(H,28,32)(H,29,34)/b9-7-/t16-,17-,19+,20+,26-/m1/s1. The molecule has 12 nitrogen and oxygen atoms in total. The van der Waals surface area contributed by atoms with Crippen molar-refractivity contribution in [2.75, 3.05) is 6.54 Å². The number of carbonyl (C=O) groups excluding carboxylic acids is 4. The maximum Gasteiger partial charge on any atom is 0.408 e. The molecule has 0 aromatic rings. The van der Waals surface area contributed by atoms with E-state index in [0.717, 1.165) is 12.8 Å². The number of aliphatic hydroxyl groups is 1. The van der Waals surface area contributed by atoms with Crippen LogP contribution in [-0.4, -0.2) is 83.4 Å². The molecule has 4 N–H and O–H groups in total. The predicted octanol–water partition coefficient (Wildman–Crippen LogP) is 0.845. The van der Waals surface area contributed by atoms with Gasteiger partial charge in [0, 0.05) is 18.9 Å². The van der Waals surface area contributed by atoms with Gasteiger partial charge in [0.25, 0.3) is 5.91 Å². The van der Waals surface area contributed by atoms with Crippen LogP contribution in [-0.2, 0) is 29.1 Å². The van der Waals surface area contributed by atoms with E-state index in [1.54, 1.807) is 20.8 Å². The highest BCUT2D eigenvalue weighted by Crippen LogP contribution is 2.46. The second-order valence-electron chi connectivity index (χ2n) is 12.1. The van der Waals surface area contributed by atoms with E-state index >= 15 is 0 Å². The summed E-state index contributed by atoms with van der Waals surface area (Å²) in [6.07, 6.45) is 6.46. The van der Waals surface area contributed by atoms with Crippen LogP contribution in [0.1, 0.15) is 78.6 Å². The van der Waals surface area contributed by atoms with Crippen molar-refractivity contribution in [1.82, 2.24) is 20.3 Å². The van der Waals surface area contributed by atoms with Crippen molar-refractivity contribution in [3.8, 4) is 0 Å². The summed E-state index contributed by atoms with van der Waals surface area (Å²) in [5.41, 5.74) is -2.22. The molecule has 4 aliphatic rings. The van der Waals surface area contributed by atoms with Gasteiger partial charge >= 0.3 is 6.09 Å². The van der Waals surface area contributed by atoms with Crippen LogP contribution in [0.4, 0.5) is 4.79 Å². The van der Waals surface area contributed by atoms with Crippen molar-refractivity contribution in [1.29, 1.82) is 0 Å². The van der Waals surface area contributed by atoms with E-state index in [1.807, 2.05) is 12.2 Å². The first kappa shape index (κ1) is 29.3. The van der Waals surface area contributed by atoms with E-state index in [-0.39, 0.29) is 19.4 Å². The highest BCUT2D eigenvalue weighted by molar-refractivity contribution is 7.91. The van der Waals surface area contributed by atoms with Crippen molar-refractivity contribution < 1.29 is 37.4 Å². The van der Waals surface area contributed by atoms with E-state index in [9.17, 15) is 32.7 Å². The molecule has 4 amide bonds. The molecule has 13 heteroatoms. The Labute approximate surface area is 229 Å². The Bertz CT molecular complexity index is 1130. The Balaban J connectivity index is 1.57. The van der Waals surface area contributed by atoms with E-state index in [2.05, 4.69) is 15.4 Å². The average Bonchev–Trinajstić information content (AvgIpc) is 3.73. The number of sulfonamides is 1. The largest absolute Gasteiger partial charge is 0.444 e. The topological polar surface area (TPSA) is 171 Å². The molecule has 0 aromatic carbocycles. The van der Waals surface area contributed by atoms with Gasteiger partial charge in [-0.1, -0.05) is 25.0 Å². The fraction of sp³-hybridized carbons (Fsp3) is 0.769. The minimum Gasteiger partial charge on any atom is -0.444 e. The number of amides is 4. The van der Waals surface area contributed by atoms with Crippen molar-refractivity contribution in [3.05, 3.63) is 12.2 Å². The zero-order valence-corrected chi connectivity index (χ0v) is 23.6. The lowest BCUT2D eigenvalue weighted by molar-refractivity contribution is -0.141. The number of hydrogen-bond donors (Lipinski definition) is 4. The molecule has 1 saturated heterocycles. The van der Waals surface area contributed by atoms with Crippen LogP contribution in [0.25, 0.3) is 0 Å². The number of hydrogen-bond acceptors (Lipinski definition) is 8. The van der Waals surface area contributed by atoms with Crippen LogP contribution in [0.5, 0.6) is 0 Å². The summed E-state index contributed by atoms with van der Waals surface area (Å²) in [7, 11) is -3.83. The normalized spacial score (nSPS) is 33.0. The first-order chi connectivity index (χ1) is 18.2. The number of carbonyl (C=O) groups is 4. The molecule has 3 fully saturated rings. The lowest BCUT2D eigenvalue weighted by Gasteiger charge is -2.30. The van der Waals surface area contributed by atoms with Gasteiger partial charge in [-0.2, -0.15) is 0 Å². The lowest BCUT2D eigenvalue weighted by atomic mass is 10.0. The fourth-order valence-corrected chi connectivity index (χ4v) is 6.59. The van der Waals surface area contributed by atoms with Crippen LogP contribution in [0.15, 0.2) is 12.2 Å². The number of rotatable bonds is 4. The quantitative estimate of drug-likeness (QED) is 0.362. The highest BCUT2D eigenvalue weighted by atomic mass is 32.2. The van der Waals surface area contributed by atoms with Gasteiger partial charge in [-0.3, -0.25) is 19.1 Å². The van der Waals surface area contributed by atoms with E-state index in [1.165, 1.54) is 4.90 Å². The van der Waals surface area contributed by atoms with Crippen LogP contribution >= 0.6 is 0 Å². The maximum absolute atomic E-state index is 13.6. The summed E-state index contributed by atoms with van der Waals surface area (Å²) in [5, 5.41) is 15.2. The molecule has 2 aliphatic heterocycles. The summed E-state index contributed by atoms with van der Waals surface area (Å²) < 4.78 is 32.4. The van der Waals surface area contributed by atoms with Crippen LogP contribution in [0, 0.1) is 5.92 Å². The average molecular weight is 569 g/mol. The van der Waals surface area contributed by atoms with Crippen LogP contribution < -0.4 is 15.4 Å². The van der Waals surface area contributed by atoms with Crippen molar-refractivity contribution in [3.63, 3.8) is 0 Å². The number of alkyl carbamates (subject to hydrolysis) is 1. The van der Waals surface area contributed by atoms with Crippen molar-refractivity contribution in [2.45, 2.75) is 113 Å². The molecule has 39 heavy (non-hydrogen) atoms. The molecule has 0 radical (unpaired) electrons. The summed E-state index contributed by atoms with van der Waals surface area (Å²) in [5.74, 6) is -2.35. The Morgan fingerprint density at radius 3 is 2.54 bits per heavy atom.